The van der Waals surface area contributed by atoms with Gasteiger partial charge in [-0.2, -0.15) is 0 Å². The van der Waals surface area contributed by atoms with E-state index >= 15 is 0 Å². The summed E-state index contributed by atoms with van der Waals surface area (Å²) in [5.41, 5.74) is 0. The van der Waals surface area contributed by atoms with Crippen molar-refractivity contribution < 1.29 is 9.36 Å². The van der Waals surface area contributed by atoms with Crippen LogP contribution in [0.3, 0.4) is 0 Å². The van der Waals surface area contributed by atoms with Crippen LogP contribution in [-0.4, -0.2) is 18.5 Å². The van der Waals surface area contributed by atoms with Gasteiger partial charge in [-0.3, -0.25) is 10.1 Å². The number of amides is 1. The van der Waals surface area contributed by atoms with Gasteiger partial charge in [0.2, 0.25) is 0 Å². The lowest BCUT2D eigenvalue weighted by atomic mass is 9.95. The lowest BCUT2D eigenvalue weighted by molar-refractivity contribution is -0.657. The fourth-order valence-electron chi connectivity index (χ4n) is 2.40. The van der Waals surface area contributed by atoms with Gasteiger partial charge >= 0.3 is 0 Å². The Bertz CT molecular complexity index is 400. The van der Waals surface area contributed by atoms with Crippen LogP contribution in [0.5, 0.6) is 0 Å². The summed E-state index contributed by atoms with van der Waals surface area (Å²) in [6, 6.07) is 6.28. The predicted molar refractivity (Wildman–Crippen MR) is 71.1 cm³/mol. The second kappa shape index (κ2) is 6.38. The summed E-state index contributed by atoms with van der Waals surface area (Å²) in [6.07, 6.45) is 8.01. The van der Waals surface area contributed by atoms with Crippen molar-refractivity contribution in [3.63, 3.8) is 0 Å². The summed E-state index contributed by atoms with van der Waals surface area (Å²) in [5, 5.41) is 6.25. The van der Waals surface area contributed by atoms with E-state index in [0.717, 1.165) is 18.7 Å². The third-order valence-electron chi connectivity index (χ3n) is 3.46. The van der Waals surface area contributed by atoms with Crippen molar-refractivity contribution in [3.05, 3.63) is 24.4 Å². The molecule has 0 bridgehead atoms. The first-order valence-corrected chi connectivity index (χ1v) is 6.73. The summed E-state index contributed by atoms with van der Waals surface area (Å²) in [6.45, 7) is 0.342. The molecule has 0 spiro atoms. The minimum atomic E-state index is 0.0887. The van der Waals surface area contributed by atoms with Gasteiger partial charge in [0.15, 0.2) is 6.54 Å². The maximum Gasteiger partial charge on any atom is 0.274 e. The summed E-state index contributed by atoms with van der Waals surface area (Å²) in [4.78, 5) is 11.8. The van der Waals surface area contributed by atoms with Gasteiger partial charge in [0.05, 0.1) is 13.2 Å². The van der Waals surface area contributed by atoms with Gasteiger partial charge in [0.1, 0.15) is 0 Å². The Morgan fingerprint density at radius 3 is 2.83 bits per heavy atom. The fourth-order valence-corrected chi connectivity index (χ4v) is 2.40. The molecule has 2 N–H and O–H groups in total. The van der Waals surface area contributed by atoms with E-state index in [1.165, 1.54) is 19.3 Å². The number of aryl methyl sites for hydroxylation is 1. The highest BCUT2D eigenvalue weighted by atomic mass is 16.2. The van der Waals surface area contributed by atoms with E-state index in [9.17, 15) is 4.79 Å². The lowest BCUT2D eigenvalue weighted by Gasteiger charge is -2.22. The Labute approximate surface area is 108 Å². The normalized spacial score (nSPS) is 16.3. The maximum atomic E-state index is 11.8. The lowest BCUT2D eigenvalue weighted by Crippen LogP contribution is -2.41. The van der Waals surface area contributed by atoms with Crippen LogP contribution in [0.2, 0.25) is 0 Å². The van der Waals surface area contributed by atoms with Crippen molar-refractivity contribution in [2.75, 3.05) is 11.9 Å². The fraction of sp³-hybridized carbons (Fsp3) is 0.571. The number of aromatic nitrogens is 1. The van der Waals surface area contributed by atoms with Gasteiger partial charge < -0.3 is 5.32 Å². The molecule has 0 atom stereocenters. The van der Waals surface area contributed by atoms with E-state index in [0.29, 0.717) is 12.6 Å². The minimum absolute atomic E-state index is 0.0887. The summed E-state index contributed by atoms with van der Waals surface area (Å²) < 4.78 is 1.97. The standard InChI is InChI=1S/C14H21N3O/c1-17-10-6-5-9-13(17)15-11-14(18)16-12-7-3-2-4-8-12/h5-6,9-10,12H,2-4,7-8,11H2,1H3,(H,16,18)/p+1. The van der Waals surface area contributed by atoms with Gasteiger partial charge in [-0.25, -0.2) is 4.57 Å². The monoisotopic (exact) mass is 248 g/mol. The highest BCUT2D eigenvalue weighted by molar-refractivity contribution is 5.80. The van der Waals surface area contributed by atoms with E-state index in [1.54, 1.807) is 0 Å². The molecule has 1 aromatic heterocycles. The zero-order chi connectivity index (χ0) is 12.8. The Morgan fingerprint density at radius 2 is 2.11 bits per heavy atom. The van der Waals surface area contributed by atoms with Gasteiger partial charge in [0, 0.05) is 12.1 Å². The van der Waals surface area contributed by atoms with E-state index in [1.807, 2.05) is 36.0 Å². The first-order valence-electron chi connectivity index (χ1n) is 6.73. The Morgan fingerprint density at radius 1 is 1.33 bits per heavy atom. The molecule has 4 nitrogen and oxygen atoms in total. The molecule has 1 heterocycles. The largest absolute Gasteiger partial charge is 0.350 e. The first kappa shape index (κ1) is 12.9. The van der Waals surface area contributed by atoms with Crippen LogP contribution in [0.1, 0.15) is 32.1 Å². The van der Waals surface area contributed by atoms with Crippen LogP contribution in [0.4, 0.5) is 5.82 Å². The number of pyridine rings is 1. The maximum absolute atomic E-state index is 11.8. The third kappa shape index (κ3) is 3.72. The SMILES string of the molecule is C[n+]1ccccc1NCC(=O)NC1CCCCC1. The molecule has 0 saturated heterocycles. The van der Waals surface area contributed by atoms with E-state index in [4.69, 9.17) is 0 Å². The molecule has 18 heavy (non-hydrogen) atoms. The molecule has 1 saturated carbocycles. The average Bonchev–Trinajstić information content (AvgIpc) is 2.39. The Hall–Kier alpha value is -1.58. The van der Waals surface area contributed by atoms with Gasteiger partial charge in [-0.05, 0) is 18.9 Å². The van der Waals surface area contributed by atoms with Gasteiger partial charge in [-0.1, -0.05) is 25.3 Å². The van der Waals surface area contributed by atoms with Gasteiger partial charge in [0.25, 0.3) is 11.7 Å². The topological polar surface area (TPSA) is 45.0 Å². The number of carbonyl (C=O) groups excluding carboxylic acids is 1. The number of hydrogen-bond acceptors (Lipinski definition) is 2. The van der Waals surface area contributed by atoms with E-state index in [-0.39, 0.29) is 5.91 Å². The highest BCUT2D eigenvalue weighted by Gasteiger charge is 2.16. The molecule has 1 amide bonds. The number of anilines is 1. The van der Waals surface area contributed by atoms with Crippen LogP contribution in [0.25, 0.3) is 0 Å². The van der Waals surface area contributed by atoms with Crippen molar-refractivity contribution in [3.8, 4) is 0 Å². The molecule has 1 aliphatic carbocycles. The average molecular weight is 248 g/mol. The molecule has 0 radical (unpaired) electrons. The van der Waals surface area contributed by atoms with E-state index in [2.05, 4.69) is 10.6 Å². The molecule has 0 aromatic carbocycles. The molecule has 4 heteroatoms. The molecule has 0 unspecified atom stereocenters. The third-order valence-corrected chi connectivity index (χ3v) is 3.46. The summed E-state index contributed by atoms with van der Waals surface area (Å²) >= 11 is 0. The molecule has 1 aliphatic rings. The van der Waals surface area contributed by atoms with Crippen LogP contribution in [0, 0.1) is 0 Å². The number of carbonyl (C=O) groups is 1. The number of hydrogen-bond donors (Lipinski definition) is 2. The number of nitrogens with zero attached hydrogens (tertiary/aromatic N) is 1. The molecule has 1 fully saturated rings. The van der Waals surface area contributed by atoms with Crippen molar-refractivity contribution >= 4 is 11.7 Å². The molecular formula is C14H22N3O+. The molecule has 1 aromatic rings. The number of nitrogens with one attached hydrogen (secondary N) is 2. The number of rotatable bonds is 4. The van der Waals surface area contributed by atoms with Crippen LogP contribution in [0.15, 0.2) is 24.4 Å². The smallest absolute Gasteiger partial charge is 0.274 e. The first-order chi connectivity index (χ1) is 8.75. The zero-order valence-electron chi connectivity index (χ0n) is 11.0. The minimum Gasteiger partial charge on any atom is -0.350 e. The van der Waals surface area contributed by atoms with Crippen LogP contribution < -0.4 is 15.2 Å². The van der Waals surface area contributed by atoms with Crippen LogP contribution >= 0.6 is 0 Å². The Kier molecular flexibility index (Phi) is 4.56. The van der Waals surface area contributed by atoms with Crippen molar-refractivity contribution in [2.24, 2.45) is 7.05 Å². The zero-order valence-corrected chi connectivity index (χ0v) is 11.0. The summed E-state index contributed by atoms with van der Waals surface area (Å²) in [7, 11) is 1.96. The van der Waals surface area contributed by atoms with E-state index < -0.39 is 0 Å². The van der Waals surface area contributed by atoms with Crippen molar-refractivity contribution in [1.29, 1.82) is 0 Å². The van der Waals surface area contributed by atoms with Crippen molar-refractivity contribution in [1.82, 2.24) is 5.32 Å². The molecule has 98 valence electrons. The molecule has 0 aliphatic heterocycles. The summed E-state index contributed by atoms with van der Waals surface area (Å²) in [5.74, 6) is 1.04. The second-order valence-electron chi connectivity index (χ2n) is 4.95. The Balaban J connectivity index is 1.76. The predicted octanol–water partition coefficient (Wildman–Crippen LogP) is 1.37. The van der Waals surface area contributed by atoms with Crippen molar-refractivity contribution in [2.45, 2.75) is 38.1 Å². The molecular weight excluding hydrogens is 226 g/mol. The highest BCUT2D eigenvalue weighted by Crippen LogP contribution is 2.17. The quantitative estimate of drug-likeness (QED) is 0.791. The van der Waals surface area contributed by atoms with Crippen LogP contribution in [-0.2, 0) is 11.8 Å². The molecule has 2 rings (SSSR count). The van der Waals surface area contributed by atoms with Gasteiger partial charge in [-0.15, -0.1) is 0 Å². The second-order valence-corrected chi connectivity index (χ2v) is 4.95.